The number of phenols is 1. The Morgan fingerprint density at radius 3 is 2.40 bits per heavy atom. The Hall–Kier alpha value is -4.57. The minimum atomic E-state index is -0.733. The summed E-state index contributed by atoms with van der Waals surface area (Å²) in [4.78, 5) is 46.6. The molecule has 10 nitrogen and oxygen atoms in total. The number of urea groups is 1. The Balaban J connectivity index is 1.24. The molecule has 0 aromatic heterocycles. The lowest BCUT2D eigenvalue weighted by atomic mass is 9.99. The molecule has 3 saturated heterocycles. The lowest BCUT2D eigenvalue weighted by molar-refractivity contribution is -0.157. The highest BCUT2D eigenvalue weighted by Gasteiger charge is 2.51. The molecule has 10 heteroatoms. The number of carbonyl (C=O) groups excluding carboxylic acids is 3. The first-order chi connectivity index (χ1) is 20.9. The van der Waals surface area contributed by atoms with Crippen molar-refractivity contribution >= 4 is 23.5 Å². The van der Waals surface area contributed by atoms with Crippen LogP contribution in [0.1, 0.15) is 29.5 Å². The van der Waals surface area contributed by atoms with Gasteiger partial charge in [-0.25, -0.2) is 4.79 Å². The summed E-state index contributed by atoms with van der Waals surface area (Å²) in [6.07, 6.45) is 2.17. The van der Waals surface area contributed by atoms with Crippen molar-refractivity contribution in [2.45, 2.75) is 44.6 Å². The maximum absolute atomic E-state index is 14.1. The first-order valence-electron chi connectivity index (χ1n) is 14.9. The zero-order valence-corrected chi connectivity index (χ0v) is 24.4. The number of anilines is 1. The monoisotopic (exact) mass is 582 g/mol. The molecule has 6 rings (SSSR count). The third-order valence-corrected chi connectivity index (χ3v) is 8.65. The molecule has 0 unspecified atom stereocenters. The van der Waals surface area contributed by atoms with Gasteiger partial charge in [-0.05, 0) is 53.8 Å². The highest BCUT2D eigenvalue weighted by atomic mass is 16.3. The van der Waals surface area contributed by atoms with Crippen LogP contribution >= 0.6 is 0 Å². The molecular formula is C33H38N6O4. The predicted octanol–water partition coefficient (Wildman–Crippen LogP) is 3.17. The number of carbonyl (C=O) groups is 3. The van der Waals surface area contributed by atoms with Crippen LogP contribution in [-0.4, -0.2) is 88.2 Å². The van der Waals surface area contributed by atoms with Gasteiger partial charge in [-0.3, -0.25) is 14.6 Å². The van der Waals surface area contributed by atoms with Gasteiger partial charge in [0.15, 0.2) is 0 Å². The van der Waals surface area contributed by atoms with Gasteiger partial charge in [0, 0.05) is 45.3 Å². The normalized spacial score (nSPS) is 20.4. The van der Waals surface area contributed by atoms with Crippen molar-refractivity contribution < 1.29 is 19.5 Å². The third kappa shape index (κ3) is 6.15. The Labute approximate surface area is 252 Å². The Morgan fingerprint density at radius 1 is 0.930 bits per heavy atom. The number of amides is 4. The van der Waals surface area contributed by atoms with E-state index in [1.54, 1.807) is 41.2 Å². The Bertz CT molecular complexity index is 1460. The van der Waals surface area contributed by atoms with Crippen molar-refractivity contribution in [2.24, 2.45) is 0 Å². The molecule has 0 saturated carbocycles. The summed E-state index contributed by atoms with van der Waals surface area (Å²) < 4.78 is 0. The number of rotatable bonds is 8. The average Bonchev–Trinajstić information content (AvgIpc) is 3.68. The molecule has 3 heterocycles. The van der Waals surface area contributed by atoms with E-state index in [1.807, 2.05) is 47.4 Å². The van der Waals surface area contributed by atoms with E-state index in [-0.39, 0.29) is 36.7 Å². The van der Waals surface area contributed by atoms with Crippen LogP contribution in [0.15, 0.2) is 78.9 Å². The quantitative estimate of drug-likeness (QED) is 0.424. The van der Waals surface area contributed by atoms with Gasteiger partial charge in [0.25, 0.3) is 0 Å². The summed E-state index contributed by atoms with van der Waals surface area (Å²) in [6, 6.07) is 23.7. The summed E-state index contributed by atoms with van der Waals surface area (Å²) in [5.41, 5.74) is 4.00. The lowest BCUT2D eigenvalue weighted by Gasteiger charge is -2.45. The van der Waals surface area contributed by atoms with E-state index >= 15 is 0 Å². The molecule has 3 aliphatic heterocycles. The zero-order valence-electron chi connectivity index (χ0n) is 24.4. The average molecular weight is 583 g/mol. The first-order valence-corrected chi connectivity index (χ1v) is 14.9. The third-order valence-electron chi connectivity index (χ3n) is 8.65. The van der Waals surface area contributed by atoms with Crippen molar-refractivity contribution in [3.8, 4) is 5.75 Å². The Kier molecular flexibility index (Phi) is 8.20. The molecule has 2 atom stereocenters. The molecular weight excluding hydrogens is 544 g/mol. The molecule has 0 bridgehead atoms. The van der Waals surface area contributed by atoms with E-state index in [1.165, 1.54) is 17.9 Å². The zero-order chi connectivity index (χ0) is 29.9. The van der Waals surface area contributed by atoms with Gasteiger partial charge < -0.3 is 25.1 Å². The largest absolute Gasteiger partial charge is 0.508 e. The minimum absolute atomic E-state index is 0.00241. The van der Waals surface area contributed by atoms with Gasteiger partial charge in [-0.15, -0.1) is 0 Å². The van der Waals surface area contributed by atoms with Crippen LogP contribution in [-0.2, 0) is 29.1 Å². The van der Waals surface area contributed by atoms with Crippen LogP contribution < -0.4 is 10.2 Å². The smallest absolute Gasteiger partial charge is 0.332 e. The molecule has 0 spiro atoms. The molecule has 0 radical (unpaired) electrons. The molecule has 4 amide bonds. The fraction of sp³-hybridized carbons (Fsp3) is 0.364. The highest BCUT2D eigenvalue weighted by molar-refractivity contribution is 5.91. The molecule has 224 valence electrons. The van der Waals surface area contributed by atoms with Gasteiger partial charge in [-0.2, -0.15) is 5.01 Å². The summed E-state index contributed by atoms with van der Waals surface area (Å²) in [6.45, 7) is 3.12. The number of fused-ring (bicyclic) bond motifs is 1. The van der Waals surface area contributed by atoms with Gasteiger partial charge in [0.1, 0.15) is 18.0 Å². The number of nitrogens with one attached hydrogen (secondary N) is 1. The van der Waals surface area contributed by atoms with Crippen LogP contribution in [0, 0.1) is 0 Å². The van der Waals surface area contributed by atoms with Crippen LogP contribution in [0.4, 0.5) is 10.5 Å². The number of hydrogen-bond acceptors (Lipinski definition) is 6. The molecule has 3 aliphatic rings. The van der Waals surface area contributed by atoms with Gasteiger partial charge in [0.2, 0.25) is 11.8 Å². The van der Waals surface area contributed by atoms with E-state index in [2.05, 4.69) is 22.3 Å². The molecule has 3 fully saturated rings. The first kappa shape index (κ1) is 28.5. The maximum atomic E-state index is 14.1. The van der Waals surface area contributed by atoms with Gasteiger partial charge >= 0.3 is 6.03 Å². The summed E-state index contributed by atoms with van der Waals surface area (Å²) in [5.74, 6) is -0.175. The minimum Gasteiger partial charge on any atom is -0.508 e. The fourth-order valence-electron chi connectivity index (χ4n) is 6.36. The van der Waals surface area contributed by atoms with Gasteiger partial charge in [0.05, 0.1) is 13.1 Å². The van der Waals surface area contributed by atoms with Crippen LogP contribution in [0.25, 0.3) is 0 Å². The van der Waals surface area contributed by atoms with E-state index in [4.69, 9.17) is 0 Å². The summed E-state index contributed by atoms with van der Waals surface area (Å²) in [5, 5.41) is 15.9. The van der Waals surface area contributed by atoms with Crippen LogP contribution in [0.2, 0.25) is 0 Å². The number of hydrogen-bond donors (Lipinski definition) is 2. The second kappa shape index (κ2) is 12.3. The second-order valence-corrected chi connectivity index (χ2v) is 11.5. The maximum Gasteiger partial charge on any atom is 0.332 e. The van der Waals surface area contributed by atoms with Crippen molar-refractivity contribution in [1.29, 1.82) is 0 Å². The van der Waals surface area contributed by atoms with Crippen LogP contribution in [0.5, 0.6) is 5.75 Å². The molecule has 3 aromatic rings. The standard InChI is InChI=1S/C33H38N6O4/c1-35(33(43)34-20-25-8-3-2-4-9-25)38-23-31(41)39-29(19-24-12-14-28(40)15-13-24)32(42)37(22-30(38)39)21-26-10-7-11-27(18-26)36-16-5-6-17-36/h2-4,7-15,18,29-30,40H,5-6,16-17,19-23H2,1H3,(H,34,43)/t29-,30+/m0/s1. The summed E-state index contributed by atoms with van der Waals surface area (Å²) in [7, 11) is 1.66. The number of benzene rings is 3. The summed E-state index contributed by atoms with van der Waals surface area (Å²) >= 11 is 0. The van der Waals surface area contributed by atoms with Crippen molar-refractivity contribution in [1.82, 2.24) is 25.1 Å². The SMILES string of the molecule is CN(C(=O)NCc1ccccc1)N1CC(=O)N2[C@@H](Cc3ccc(O)cc3)C(=O)N(Cc3cccc(N4CCCC4)c3)C[C@@H]21. The number of piperazine rings is 1. The highest BCUT2D eigenvalue weighted by Crippen LogP contribution is 2.31. The number of aromatic hydroxyl groups is 1. The predicted molar refractivity (Wildman–Crippen MR) is 163 cm³/mol. The molecule has 2 N–H and O–H groups in total. The molecule has 0 aliphatic carbocycles. The Morgan fingerprint density at radius 2 is 1.65 bits per heavy atom. The lowest BCUT2D eigenvalue weighted by Crippen LogP contribution is -2.65. The number of nitrogens with zero attached hydrogens (tertiary/aromatic N) is 5. The second-order valence-electron chi connectivity index (χ2n) is 11.5. The topological polar surface area (TPSA) is 99.7 Å². The van der Waals surface area contributed by atoms with E-state index in [0.29, 0.717) is 19.5 Å². The number of phenolic OH excluding ortho intramolecular Hbond substituents is 1. The van der Waals surface area contributed by atoms with Crippen molar-refractivity contribution in [3.63, 3.8) is 0 Å². The number of hydrazine groups is 1. The fourth-order valence-corrected chi connectivity index (χ4v) is 6.36. The van der Waals surface area contributed by atoms with E-state index in [9.17, 15) is 19.5 Å². The molecule has 3 aromatic carbocycles. The molecule has 43 heavy (non-hydrogen) atoms. The van der Waals surface area contributed by atoms with Gasteiger partial charge in [-0.1, -0.05) is 54.6 Å². The van der Waals surface area contributed by atoms with Crippen molar-refractivity contribution in [3.05, 3.63) is 95.6 Å². The van der Waals surface area contributed by atoms with Crippen LogP contribution in [0.3, 0.4) is 0 Å². The van der Waals surface area contributed by atoms with E-state index in [0.717, 1.165) is 35.5 Å². The van der Waals surface area contributed by atoms with E-state index < -0.39 is 12.2 Å². The van der Waals surface area contributed by atoms with Crippen molar-refractivity contribution in [2.75, 3.05) is 38.1 Å².